The molecule has 1 amide bonds. The molecule has 1 aromatic rings. The zero-order valence-electron chi connectivity index (χ0n) is 9.89. The van der Waals surface area contributed by atoms with E-state index in [1.165, 1.54) is 31.7 Å². The van der Waals surface area contributed by atoms with E-state index in [9.17, 15) is 4.79 Å². The molecule has 0 unspecified atom stereocenters. The van der Waals surface area contributed by atoms with E-state index in [0.29, 0.717) is 17.4 Å². The molecule has 6 nitrogen and oxygen atoms in total. The van der Waals surface area contributed by atoms with Gasteiger partial charge in [-0.05, 0) is 18.8 Å². The first kappa shape index (κ1) is 11.8. The second kappa shape index (κ2) is 5.09. The van der Waals surface area contributed by atoms with Gasteiger partial charge in [0.25, 0.3) is 5.91 Å². The smallest absolute Gasteiger partial charge is 0.273 e. The first-order chi connectivity index (χ1) is 8.20. The number of carbonyl (C=O) groups is 1. The Kier molecular flexibility index (Phi) is 3.53. The highest BCUT2D eigenvalue weighted by molar-refractivity contribution is 5.91. The number of anilines is 1. The molecule has 0 aliphatic heterocycles. The molecule has 0 saturated heterocycles. The lowest BCUT2D eigenvalue weighted by Crippen LogP contribution is -2.34. The molecule has 1 heterocycles. The number of aromatic nitrogens is 2. The molecule has 92 valence electrons. The number of hydrazine groups is 1. The first-order valence-electron chi connectivity index (χ1n) is 5.75. The van der Waals surface area contributed by atoms with E-state index in [1.54, 1.807) is 11.9 Å². The van der Waals surface area contributed by atoms with Crippen LogP contribution in [0.25, 0.3) is 0 Å². The molecule has 2 rings (SSSR count). The van der Waals surface area contributed by atoms with E-state index in [1.807, 2.05) is 0 Å². The van der Waals surface area contributed by atoms with Crippen LogP contribution in [0.4, 0.5) is 5.82 Å². The van der Waals surface area contributed by atoms with Gasteiger partial charge in [-0.15, -0.1) is 0 Å². The third-order valence-corrected chi connectivity index (χ3v) is 3.12. The van der Waals surface area contributed by atoms with Gasteiger partial charge in [-0.2, -0.15) is 0 Å². The lowest BCUT2D eigenvalue weighted by Gasteiger charge is -2.29. The minimum atomic E-state index is -0.0898. The van der Waals surface area contributed by atoms with Crippen LogP contribution in [0.1, 0.15) is 29.8 Å². The Morgan fingerprint density at radius 3 is 2.76 bits per heavy atom. The van der Waals surface area contributed by atoms with E-state index in [-0.39, 0.29) is 5.91 Å². The van der Waals surface area contributed by atoms with Crippen LogP contribution >= 0.6 is 0 Å². The molecular weight excluding hydrogens is 218 g/mol. The van der Waals surface area contributed by atoms with Crippen molar-refractivity contribution in [2.24, 2.45) is 11.8 Å². The fourth-order valence-corrected chi connectivity index (χ4v) is 1.85. The van der Waals surface area contributed by atoms with Crippen LogP contribution in [0, 0.1) is 5.92 Å². The van der Waals surface area contributed by atoms with Crippen LogP contribution in [-0.2, 0) is 0 Å². The summed E-state index contributed by atoms with van der Waals surface area (Å²) < 4.78 is 0. The summed E-state index contributed by atoms with van der Waals surface area (Å²) in [6.45, 7) is 0.803. The molecule has 17 heavy (non-hydrogen) atoms. The minimum Gasteiger partial charge on any atom is -0.340 e. The summed E-state index contributed by atoms with van der Waals surface area (Å²) in [7, 11) is 1.80. The number of hydrogen-bond donors (Lipinski definition) is 2. The Morgan fingerprint density at radius 2 is 2.29 bits per heavy atom. The van der Waals surface area contributed by atoms with E-state index >= 15 is 0 Å². The molecule has 0 atom stereocenters. The topological polar surface area (TPSA) is 84.1 Å². The maximum atomic E-state index is 12.0. The van der Waals surface area contributed by atoms with Crippen molar-refractivity contribution in [1.29, 1.82) is 0 Å². The molecule has 6 heteroatoms. The number of hydrogen-bond acceptors (Lipinski definition) is 5. The van der Waals surface area contributed by atoms with Crippen molar-refractivity contribution in [1.82, 2.24) is 14.9 Å². The Labute approximate surface area is 100 Å². The fraction of sp³-hybridized carbons (Fsp3) is 0.545. The van der Waals surface area contributed by atoms with Gasteiger partial charge in [0.05, 0.1) is 12.4 Å². The van der Waals surface area contributed by atoms with Crippen molar-refractivity contribution < 1.29 is 4.79 Å². The lowest BCUT2D eigenvalue weighted by molar-refractivity contribution is 0.0739. The zero-order valence-corrected chi connectivity index (χ0v) is 9.89. The van der Waals surface area contributed by atoms with Gasteiger partial charge in [-0.25, -0.2) is 15.8 Å². The largest absolute Gasteiger partial charge is 0.340 e. The van der Waals surface area contributed by atoms with Crippen LogP contribution in [0.5, 0.6) is 0 Å². The molecule has 0 spiro atoms. The third kappa shape index (κ3) is 2.71. The maximum absolute atomic E-state index is 12.0. The maximum Gasteiger partial charge on any atom is 0.273 e. The molecule has 0 aromatic carbocycles. The van der Waals surface area contributed by atoms with Crippen molar-refractivity contribution >= 4 is 11.7 Å². The van der Waals surface area contributed by atoms with Gasteiger partial charge in [0, 0.05) is 13.6 Å². The SMILES string of the molecule is CN(CC1CCC1)C(=O)c1cnc(NN)cn1. The second-order valence-electron chi connectivity index (χ2n) is 4.41. The Hall–Kier alpha value is -1.69. The predicted molar refractivity (Wildman–Crippen MR) is 64.1 cm³/mol. The van der Waals surface area contributed by atoms with Crippen molar-refractivity contribution in [3.63, 3.8) is 0 Å². The number of nitrogen functional groups attached to an aromatic ring is 1. The van der Waals surface area contributed by atoms with E-state index in [4.69, 9.17) is 5.84 Å². The molecule has 1 aliphatic rings. The van der Waals surface area contributed by atoms with Gasteiger partial charge in [0.2, 0.25) is 0 Å². The summed E-state index contributed by atoms with van der Waals surface area (Å²) in [5, 5.41) is 0. The number of nitrogens with one attached hydrogen (secondary N) is 1. The monoisotopic (exact) mass is 235 g/mol. The van der Waals surface area contributed by atoms with Gasteiger partial charge < -0.3 is 10.3 Å². The molecule has 1 aliphatic carbocycles. The first-order valence-corrected chi connectivity index (χ1v) is 5.75. The van der Waals surface area contributed by atoms with Crippen LogP contribution in [-0.4, -0.2) is 34.4 Å². The van der Waals surface area contributed by atoms with Gasteiger partial charge in [0.1, 0.15) is 5.69 Å². The Morgan fingerprint density at radius 1 is 1.53 bits per heavy atom. The summed E-state index contributed by atoms with van der Waals surface area (Å²) in [5.74, 6) is 6.19. The van der Waals surface area contributed by atoms with E-state index in [0.717, 1.165) is 6.54 Å². The normalized spacial score (nSPS) is 15.2. The minimum absolute atomic E-state index is 0.0898. The summed E-state index contributed by atoms with van der Waals surface area (Å²) in [5.41, 5.74) is 2.73. The highest BCUT2D eigenvalue weighted by Crippen LogP contribution is 2.26. The number of rotatable bonds is 4. The summed E-state index contributed by atoms with van der Waals surface area (Å²) in [6, 6.07) is 0. The van der Waals surface area contributed by atoms with Crippen LogP contribution in [0.2, 0.25) is 0 Å². The van der Waals surface area contributed by atoms with Crippen molar-refractivity contribution in [3.8, 4) is 0 Å². The number of nitrogens with zero attached hydrogens (tertiary/aromatic N) is 3. The average molecular weight is 235 g/mol. The Balaban J connectivity index is 1.96. The van der Waals surface area contributed by atoms with Gasteiger partial charge in [-0.1, -0.05) is 6.42 Å². The highest BCUT2D eigenvalue weighted by atomic mass is 16.2. The standard InChI is InChI=1S/C11H17N5O/c1-16(7-8-3-2-4-8)11(17)9-5-14-10(15-12)6-13-9/h5-6,8H,2-4,7,12H2,1H3,(H,14,15). The highest BCUT2D eigenvalue weighted by Gasteiger charge is 2.22. The van der Waals surface area contributed by atoms with E-state index in [2.05, 4.69) is 15.4 Å². The second-order valence-corrected chi connectivity index (χ2v) is 4.41. The van der Waals surface area contributed by atoms with Crippen LogP contribution in [0.15, 0.2) is 12.4 Å². The van der Waals surface area contributed by atoms with Crippen molar-refractivity contribution in [3.05, 3.63) is 18.1 Å². The van der Waals surface area contributed by atoms with Gasteiger partial charge >= 0.3 is 0 Å². The van der Waals surface area contributed by atoms with Crippen molar-refractivity contribution in [2.75, 3.05) is 19.0 Å². The molecule has 0 radical (unpaired) electrons. The molecule has 1 aromatic heterocycles. The van der Waals surface area contributed by atoms with E-state index < -0.39 is 0 Å². The number of carbonyl (C=O) groups excluding carboxylic acids is 1. The quantitative estimate of drug-likeness (QED) is 0.591. The average Bonchev–Trinajstić information content (AvgIpc) is 2.32. The number of nitrogens with two attached hydrogens (primary N) is 1. The lowest BCUT2D eigenvalue weighted by atomic mass is 9.85. The summed E-state index contributed by atoms with van der Waals surface area (Å²) in [6.07, 6.45) is 6.61. The summed E-state index contributed by atoms with van der Waals surface area (Å²) in [4.78, 5) is 21.7. The summed E-state index contributed by atoms with van der Waals surface area (Å²) >= 11 is 0. The molecule has 1 saturated carbocycles. The molecular formula is C11H17N5O. The fourth-order valence-electron chi connectivity index (χ4n) is 1.85. The molecule has 1 fully saturated rings. The third-order valence-electron chi connectivity index (χ3n) is 3.12. The predicted octanol–water partition coefficient (Wildman–Crippen LogP) is 0.634. The number of amides is 1. The zero-order chi connectivity index (χ0) is 12.3. The Bertz CT molecular complexity index is 387. The van der Waals surface area contributed by atoms with Crippen molar-refractivity contribution in [2.45, 2.75) is 19.3 Å². The van der Waals surface area contributed by atoms with Crippen LogP contribution in [0.3, 0.4) is 0 Å². The van der Waals surface area contributed by atoms with Gasteiger partial charge in [-0.3, -0.25) is 4.79 Å². The van der Waals surface area contributed by atoms with Crippen LogP contribution < -0.4 is 11.3 Å². The molecule has 3 N–H and O–H groups in total. The molecule has 0 bridgehead atoms. The van der Waals surface area contributed by atoms with Gasteiger partial charge in [0.15, 0.2) is 5.82 Å².